The predicted molar refractivity (Wildman–Crippen MR) is 95.4 cm³/mol. The van der Waals surface area contributed by atoms with Gasteiger partial charge in [0.1, 0.15) is 5.02 Å². The molecule has 0 bridgehead atoms. The number of esters is 1. The van der Waals surface area contributed by atoms with Crippen molar-refractivity contribution in [1.82, 2.24) is 4.72 Å². The second-order valence-corrected chi connectivity index (χ2v) is 8.65. The Morgan fingerprint density at radius 3 is 2.46 bits per heavy atom. The lowest BCUT2D eigenvalue weighted by atomic mass is 9.86. The third-order valence-corrected chi connectivity index (χ3v) is 6.00. The molecular weight excluding hydrogens is 384 g/mol. The van der Waals surface area contributed by atoms with Crippen molar-refractivity contribution in [3.05, 3.63) is 33.3 Å². The van der Waals surface area contributed by atoms with Crippen LogP contribution < -0.4 is 4.72 Å². The molecule has 0 amide bonds. The standard InChI is InChI=1S/C16H21ClN2O6S/c1-10(2)25-16(20)11-3-5-12(6-4-11)18-26(23,24)13-7-8-14(17)15(9-13)19(21)22/h7-12,18H,3-6H2,1-2H3/t11-,12-. The van der Waals surface area contributed by atoms with E-state index in [0.717, 1.165) is 6.07 Å². The second-order valence-electron chi connectivity index (χ2n) is 6.53. The van der Waals surface area contributed by atoms with Crippen LogP contribution in [-0.4, -0.2) is 31.5 Å². The number of benzene rings is 1. The molecule has 0 atom stereocenters. The predicted octanol–water partition coefficient (Wildman–Crippen LogP) is 3.04. The molecule has 1 aromatic rings. The smallest absolute Gasteiger partial charge is 0.309 e. The van der Waals surface area contributed by atoms with E-state index in [4.69, 9.17) is 16.3 Å². The van der Waals surface area contributed by atoms with Crippen molar-refractivity contribution in [3.63, 3.8) is 0 Å². The van der Waals surface area contributed by atoms with E-state index in [9.17, 15) is 23.3 Å². The largest absolute Gasteiger partial charge is 0.463 e. The van der Waals surface area contributed by atoms with Gasteiger partial charge in [-0.2, -0.15) is 0 Å². The Morgan fingerprint density at radius 1 is 1.31 bits per heavy atom. The lowest BCUT2D eigenvalue weighted by Gasteiger charge is -2.28. The van der Waals surface area contributed by atoms with Crippen LogP contribution in [0.3, 0.4) is 0 Å². The van der Waals surface area contributed by atoms with E-state index in [2.05, 4.69) is 4.72 Å². The van der Waals surface area contributed by atoms with E-state index in [1.54, 1.807) is 13.8 Å². The van der Waals surface area contributed by atoms with E-state index in [1.807, 2.05) is 0 Å². The van der Waals surface area contributed by atoms with Gasteiger partial charge in [-0.1, -0.05) is 11.6 Å². The topological polar surface area (TPSA) is 116 Å². The number of sulfonamides is 1. The van der Waals surface area contributed by atoms with Gasteiger partial charge in [0.25, 0.3) is 5.69 Å². The highest BCUT2D eigenvalue weighted by Gasteiger charge is 2.31. The summed E-state index contributed by atoms with van der Waals surface area (Å²) in [5.41, 5.74) is -0.463. The molecule has 0 unspecified atom stereocenters. The van der Waals surface area contributed by atoms with E-state index in [0.29, 0.717) is 25.7 Å². The molecule has 1 saturated carbocycles. The second kappa shape index (κ2) is 8.32. The maximum atomic E-state index is 12.5. The van der Waals surface area contributed by atoms with Gasteiger partial charge in [-0.3, -0.25) is 14.9 Å². The van der Waals surface area contributed by atoms with Gasteiger partial charge < -0.3 is 4.74 Å². The molecule has 0 spiro atoms. The molecule has 1 aromatic carbocycles. The number of nitrogens with zero attached hydrogens (tertiary/aromatic N) is 1. The Labute approximate surface area is 157 Å². The average molecular weight is 405 g/mol. The Hall–Kier alpha value is -1.71. The summed E-state index contributed by atoms with van der Waals surface area (Å²) in [7, 11) is -3.92. The zero-order valence-electron chi connectivity index (χ0n) is 14.5. The number of nitrogens with one attached hydrogen (secondary N) is 1. The van der Waals surface area contributed by atoms with Crippen molar-refractivity contribution in [3.8, 4) is 0 Å². The number of carbonyl (C=O) groups excluding carboxylic acids is 1. The van der Waals surface area contributed by atoms with Crippen molar-refractivity contribution in [2.45, 2.75) is 56.6 Å². The number of hydrogen-bond donors (Lipinski definition) is 1. The molecule has 0 saturated heterocycles. The fourth-order valence-corrected chi connectivity index (χ4v) is 4.37. The molecule has 2 rings (SSSR count). The molecule has 1 N–H and O–H groups in total. The maximum absolute atomic E-state index is 12.5. The molecule has 0 aliphatic heterocycles. The van der Waals surface area contributed by atoms with Crippen molar-refractivity contribution in [1.29, 1.82) is 0 Å². The first-order valence-corrected chi connectivity index (χ1v) is 10.1. The minimum Gasteiger partial charge on any atom is -0.463 e. The third-order valence-electron chi connectivity index (χ3n) is 4.16. The molecule has 0 radical (unpaired) electrons. The summed E-state index contributed by atoms with van der Waals surface area (Å²) in [4.78, 5) is 21.9. The number of ether oxygens (including phenoxy) is 1. The molecule has 1 aliphatic carbocycles. The number of rotatable bonds is 6. The highest BCUT2D eigenvalue weighted by molar-refractivity contribution is 7.89. The Morgan fingerprint density at radius 2 is 1.92 bits per heavy atom. The van der Waals surface area contributed by atoms with Gasteiger partial charge in [-0.25, -0.2) is 13.1 Å². The first-order valence-electron chi connectivity index (χ1n) is 8.27. The van der Waals surface area contributed by atoms with Gasteiger partial charge in [0, 0.05) is 12.1 Å². The summed E-state index contributed by atoms with van der Waals surface area (Å²) in [6.45, 7) is 3.56. The summed E-state index contributed by atoms with van der Waals surface area (Å²) in [5.74, 6) is -0.482. The van der Waals surface area contributed by atoms with E-state index in [1.165, 1.54) is 12.1 Å². The fraction of sp³-hybridized carbons (Fsp3) is 0.562. The molecule has 1 fully saturated rings. The number of carbonyl (C=O) groups is 1. The highest BCUT2D eigenvalue weighted by atomic mass is 35.5. The van der Waals surface area contributed by atoms with Crippen molar-refractivity contribution in [2.75, 3.05) is 0 Å². The van der Waals surface area contributed by atoms with Crippen LogP contribution in [0.2, 0.25) is 5.02 Å². The average Bonchev–Trinajstić information content (AvgIpc) is 2.54. The van der Waals surface area contributed by atoms with Crippen molar-refractivity contribution in [2.24, 2.45) is 5.92 Å². The third kappa shape index (κ3) is 5.15. The summed E-state index contributed by atoms with van der Waals surface area (Å²) >= 11 is 5.71. The van der Waals surface area contributed by atoms with Gasteiger partial charge in [-0.15, -0.1) is 0 Å². The van der Waals surface area contributed by atoms with Gasteiger partial charge in [0.05, 0.1) is 21.8 Å². The van der Waals surface area contributed by atoms with Crippen molar-refractivity contribution < 1.29 is 22.9 Å². The summed E-state index contributed by atoms with van der Waals surface area (Å²) < 4.78 is 32.7. The molecule has 10 heteroatoms. The number of nitro groups is 1. The SMILES string of the molecule is CC(C)OC(=O)[C@H]1CC[C@H](NS(=O)(=O)c2ccc(Cl)c([N+](=O)[O-])c2)CC1. The Kier molecular flexibility index (Phi) is 6.59. The molecule has 26 heavy (non-hydrogen) atoms. The maximum Gasteiger partial charge on any atom is 0.309 e. The Bertz CT molecular complexity index is 788. The molecule has 144 valence electrons. The van der Waals surface area contributed by atoms with Crippen LogP contribution in [-0.2, 0) is 19.6 Å². The van der Waals surface area contributed by atoms with Crippen molar-refractivity contribution >= 4 is 33.3 Å². The molecule has 8 nitrogen and oxygen atoms in total. The molecule has 1 aliphatic rings. The van der Waals surface area contributed by atoms with Crippen LogP contribution in [0, 0.1) is 16.0 Å². The Balaban J connectivity index is 2.02. The van der Waals surface area contributed by atoms with Crippen LogP contribution in [0.5, 0.6) is 0 Å². The zero-order chi connectivity index (χ0) is 19.5. The normalized spacial score (nSPS) is 20.8. The molecule has 0 heterocycles. The highest BCUT2D eigenvalue weighted by Crippen LogP contribution is 2.29. The van der Waals surface area contributed by atoms with E-state index in [-0.39, 0.29) is 34.0 Å². The lowest BCUT2D eigenvalue weighted by Crippen LogP contribution is -2.39. The van der Waals surface area contributed by atoms with E-state index < -0.39 is 20.6 Å². The first kappa shape index (κ1) is 20.6. The van der Waals surface area contributed by atoms with Crippen LogP contribution >= 0.6 is 11.6 Å². The zero-order valence-corrected chi connectivity index (χ0v) is 16.0. The van der Waals surface area contributed by atoms with Crippen LogP contribution in [0.25, 0.3) is 0 Å². The summed E-state index contributed by atoms with van der Waals surface area (Å²) in [6, 6.07) is 3.02. The minimum atomic E-state index is -3.92. The van der Waals surface area contributed by atoms with Crippen LogP contribution in [0.1, 0.15) is 39.5 Å². The van der Waals surface area contributed by atoms with Gasteiger partial charge in [0.2, 0.25) is 10.0 Å². The summed E-state index contributed by atoms with van der Waals surface area (Å²) in [6.07, 6.45) is 1.86. The summed E-state index contributed by atoms with van der Waals surface area (Å²) in [5, 5.41) is 10.8. The molecule has 0 aromatic heterocycles. The number of halogens is 1. The van der Waals surface area contributed by atoms with Gasteiger partial charge >= 0.3 is 5.97 Å². The van der Waals surface area contributed by atoms with Crippen LogP contribution in [0.15, 0.2) is 23.1 Å². The monoisotopic (exact) mass is 404 g/mol. The number of hydrogen-bond acceptors (Lipinski definition) is 6. The van der Waals surface area contributed by atoms with Gasteiger partial charge in [-0.05, 0) is 51.7 Å². The molecular formula is C16H21ClN2O6S. The minimum absolute atomic E-state index is 0.127. The lowest BCUT2D eigenvalue weighted by molar-refractivity contribution is -0.384. The fourth-order valence-electron chi connectivity index (χ4n) is 2.86. The quantitative estimate of drug-likeness (QED) is 0.442. The number of nitro benzene ring substituents is 1. The van der Waals surface area contributed by atoms with Crippen LogP contribution in [0.4, 0.5) is 5.69 Å². The van der Waals surface area contributed by atoms with E-state index >= 15 is 0 Å². The van der Waals surface area contributed by atoms with Gasteiger partial charge in [0.15, 0.2) is 0 Å². The first-order chi connectivity index (χ1) is 12.1.